The fourth-order valence-electron chi connectivity index (χ4n) is 9.96. The van der Waals surface area contributed by atoms with Crippen molar-refractivity contribution in [3.8, 4) is 0 Å². The molecule has 0 spiro atoms. The van der Waals surface area contributed by atoms with E-state index >= 15 is 0 Å². The Morgan fingerprint density at radius 3 is 1.27 bits per heavy atom. The third kappa shape index (κ3) is 3.30. The largest absolute Gasteiger partial charge is 0.399 e. The summed E-state index contributed by atoms with van der Waals surface area (Å²) >= 11 is 0. The van der Waals surface area contributed by atoms with Crippen LogP contribution >= 0.6 is 0 Å². The minimum Gasteiger partial charge on any atom is -0.399 e. The van der Waals surface area contributed by atoms with Gasteiger partial charge < -0.3 is 16.4 Å². The van der Waals surface area contributed by atoms with Crippen molar-refractivity contribution in [3.05, 3.63) is 12.1 Å². The number of carbonyl (C=O) groups excluding carboxylic acids is 2. The molecule has 0 atom stereocenters. The fourth-order valence-corrected chi connectivity index (χ4v) is 9.96. The molecule has 8 fully saturated rings. The van der Waals surface area contributed by atoms with E-state index in [1.807, 2.05) is 0 Å². The van der Waals surface area contributed by atoms with Gasteiger partial charge in [-0.1, -0.05) is 0 Å². The summed E-state index contributed by atoms with van der Waals surface area (Å²) in [6, 6.07) is 3.44. The van der Waals surface area contributed by atoms with E-state index in [4.69, 9.17) is 5.73 Å². The molecule has 176 valence electrons. The smallest absolute Gasteiger partial charge is 0.231 e. The summed E-state index contributed by atoms with van der Waals surface area (Å²) < 4.78 is 0. The minimum atomic E-state index is -0.232. The number of nitrogen functional groups attached to an aromatic ring is 1. The number of nitrogens with zero attached hydrogens (tertiary/aromatic N) is 1. The molecular formula is C27H36N4O2. The van der Waals surface area contributed by atoms with Crippen LogP contribution in [0, 0.1) is 46.3 Å². The topological polar surface area (TPSA) is 97.1 Å². The molecule has 6 nitrogen and oxygen atoms in total. The molecule has 0 aromatic carbocycles. The molecule has 1 aromatic heterocycles. The van der Waals surface area contributed by atoms with Gasteiger partial charge in [-0.05, 0) is 113 Å². The van der Waals surface area contributed by atoms with Crippen LogP contribution in [-0.4, -0.2) is 16.8 Å². The van der Waals surface area contributed by atoms with Gasteiger partial charge in [0, 0.05) is 17.8 Å². The Labute approximate surface area is 195 Å². The quantitative estimate of drug-likeness (QED) is 0.605. The molecule has 1 aromatic rings. The van der Waals surface area contributed by atoms with Crippen molar-refractivity contribution in [2.45, 2.75) is 77.0 Å². The van der Waals surface area contributed by atoms with Gasteiger partial charge in [-0.2, -0.15) is 0 Å². The van der Waals surface area contributed by atoms with Gasteiger partial charge in [0.1, 0.15) is 11.6 Å². The summed E-state index contributed by atoms with van der Waals surface area (Å²) in [4.78, 5) is 31.5. The maximum atomic E-state index is 13.5. The molecule has 0 radical (unpaired) electrons. The predicted octanol–water partition coefficient (Wildman–Crippen LogP) is 4.97. The highest BCUT2D eigenvalue weighted by atomic mass is 16.2. The van der Waals surface area contributed by atoms with E-state index in [0.29, 0.717) is 52.8 Å². The molecule has 33 heavy (non-hydrogen) atoms. The molecule has 9 rings (SSSR count). The second-order valence-corrected chi connectivity index (χ2v) is 13.0. The standard InChI is InChI=1S/C27H36N4O2/c28-21-7-22(30-24(32)26-9-15-1-16(10-26)3-17(2-15)11-26)29-23(8-21)31-25(33)27-12-18-4-19(13-27)6-20(5-18)14-27/h7-8,15-20H,1-6,9-14H2,(H4,28,29,30,31,32,33). The van der Waals surface area contributed by atoms with Crippen molar-refractivity contribution in [2.24, 2.45) is 46.3 Å². The Bertz CT molecular complexity index is 871. The molecule has 8 aliphatic rings. The average Bonchev–Trinajstić information content (AvgIpc) is 2.71. The zero-order chi connectivity index (χ0) is 22.4. The highest BCUT2D eigenvalue weighted by Gasteiger charge is 2.56. The van der Waals surface area contributed by atoms with Crippen molar-refractivity contribution in [1.82, 2.24) is 4.98 Å². The Kier molecular flexibility index (Phi) is 4.27. The Balaban J connectivity index is 1.09. The molecular weight excluding hydrogens is 412 g/mol. The summed E-state index contributed by atoms with van der Waals surface area (Å²) in [7, 11) is 0. The molecule has 0 saturated heterocycles. The van der Waals surface area contributed by atoms with Crippen LogP contribution in [-0.2, 0) is 9.59 Å². The first-order valence-corrected chi connectivity index (χ1v) is 13.3. The number of nitrogens with one attached hydrogen (secondary N) is 2. The first kappa shape index (κ1) is 20.3. The Hall–Kier alpha value is -2.11. The number of amides is 2. The number of hydrogen-bond acceptors (Lipinski definition) is 4. The maximum absolute atomic E-state index is 13.5. The molecule has 8 bridgehead atoms. The lowest BCUT2D eigenvalue weighted by atomic mass is 9.49. The van der Waals surface area contributed by atoms with Gasteiger partial charge in [-0.15, -0.1) is 0 Å². The summed E-state index contributed by atoms with van der Waals surface area (Å²) in [5.74, 6) is 5.44. The van der Waals surface area contributed by atoms with Crippen LogP contribution in [0.4, 0.5) is 17.3 Å². The number of pyridine rings is 1. The van der Waals surface area contributed by atoms with Crippen molar-refractivity contribution in [3.63, 3.8) is 0 Å². The molecule has 4 N–H and O–H groups in total. The van der Waals surface area contributed by atoms with Crippen LogP contribution in [0.2, 0.25) is 0 Å². The summed E-state index contributed by atoms with van der Waals surface area (Å²) in [6.07, 6.45) is 14.0. The van der Waals surface area contributed by atoms with Crippen LogP contribution in [0.1, 0.15) is 77.0 Å². The zero-order valence-electron chi connectivity index (χ0n) is 19.4. The second kappa shape index (κ2) is 6.96. The SMILES string of the molecule is Nc1cc(NC(=O)C23CC4CC(CC(C4)C2)C3)nc(NC(=O)C23CC4CC(CC(C4)C2)C3)c1. The van der Waals surface area contributed by atoms with Gasteiger partial charge in [0.15, 0.2) is 0 Å². The molecule has 8 aliphatic carbocycles. The number of rotatable bonds is 4. The average molecular weight is 449 g/mol. The van der Waals surface area contributed by atoms with Crippen molar-refractivity contribution < 1.29 is 9.59 Å². The van der Waals surface area contributed by atoms with E-state index in [-0.39, 0.29) is 22.6 Å². The zero-order valence-corrected chi connectivity index (χ0v) is 19.4. The molecule has 6 heteroatoms. The Morgan fingerprint density at radius 1 is 0.667 bits per heavy atom. The van der Waals surface area contributed by atoms with E-state index < -0.39 is 0 Å². The third-order valence-electron chi connectivity index (χ3n) is 10.4. The maximum Gasteiger partial charge on any atom is 0.231 e. The minimum absolute atomic E-state index is 0.109. The monoisotopic (exact) mass is 448 g/mol. The van der Waals surface area contributed by atoms with Gasteiger partial charge in [-0.3, -0.25) is 9.59 Å². The molecule has 0 aliphatic heterocycles. The van der Waals surface area contributed by atoms with Crippen molar-refractivity contribution >= 4 is 29.1 Å². The molecule has 1 heterocycles. The van der Waals surface area contributed by atoms with Crippen LogP contribution in [0.3, 0.4) is 0 Å². The number of nitrogens with two attached hydrogens (primary N) is 1. The van der Waals surface area contributed by atoms with E-state index in [0.717, 1.165) is 38.5 Å². The lowest BCUT2D eigenvalue weighted by Crippen LogP contribution is -2.52. The number of aromatic nitrogens is 1. The molecule has 0 unspecified atom stereocenters. The summed E-state index contributed by atoms with van der Waals surface area (Å²) in [6.45, 7) is 0. The highest BCUT2D eigenvalue weighted by Crippen LogP contribution is 2.61. The second-order valence-electron chi connectivity index (χ2n) is 13.0. The van der Waals surface area contributed by atoms with Gasteiger partial charge in [0.2, 0.25) is 11.8 Å². The van der Waals surface area contributed by atoms with Crippen LogP contribution in [0.25, 0.3) is 0 Å². The van der Waals surface area contributed by atoms with Crippen molar-refractivity contribution in [2.75, 3.05) is 16.4 Å². The lowest BCUT2D eigenvalue weighted by Gasteiger charge is -2.55. The number of hydrogen-bond donors (Lipinski definition) is 3. The van der Waals surface area contributed by atoms with Gasteiger partial charge >= 0.3 is 0 Å². The Morgan fingerprint density at radius 2 is 0.970 bits per heavy atom. The van der Waals surface area contributed by atoms with Gasteiger partial charge in [0.25, 0.3) is 0 Å². The van der Waals surface area contributed by atoms with Crippen LogP contribution in [0.15, 0.2) is 12.1 Å². The first-order valence-electron chi connectivity index (χ1n) is 13.3. The van der Waals surface area contributed by atoms with E-state index in [2.05, 4.69) is 15.6 Å². The number of anilines is 3. The van der Waals surface area contributed by atoms with Gasteiger partial charge in [0.05, 0.1) is 10.8 Å². The highest BCUT2D eigenvalue weighted by molar-refractivity contribution is 5.97. The summed E-state index contributed by atoms with van der Waals surface area (Å²) in [5, 5.41) is 6.21. The van der Waals surface area contributed by atoms with Crippen LogP contribution in [0.5, 0.6) is 0 Å². The van der Waals surface area contributed by atoms with E-state index in [1.54, 1.807) is 12.1 Å². The lowest BCUT2D eigenvalue weighted by molar-refractivity contribution is -0.140. The van der Waals surface area contributed by atoms with E-state index in [9.17, 15) is 9.59 Å². The number of carbonyl (C=O) groups is 2. The van der Waals surface area contributed by atoms with Crippen molar-refractivity contribution in [1.29, 1.82) is 0 Å². The predicted molar refractivity (Wildman–Crippen MR) is 127 cm³/mol. The van der Waals surface area contributed by atoms with E-state index in [1.165, 1.54) is 38.5 Å². The summed E-state index contributed by atoms with van der Waals surface area (Å²) in [5.41, 5.74) is 6.24. The normalized spacial score (nSPS) is 44.1. The third-order valence-corrected chi connectivity index (χ3v) is 10.4. The van der Waals surface area contributed by atoms with Crippen LogP contribution < -0.4 is 16.4 Å². The first-order chi connectivity index (χ1) is 15.9. The molecule has 2 amide bonds. The van der Waals surface area contributed by atoms with Gasteiger partial charge in [-0.25, -0.2) is 4.98 Å². The molecule has 8 saturated carbocycles. The fraction of sp³-hybridized carbons (Fsp3) is 0.741.